The van der Waals surface area contributed by atoms with Gasteiger partial charge in [-0.05, 0) is 48.4 Å². The number of benzene rings is 1. The van der Waals surface area contributed by atoms with E-state index in [1.807, 2.05) is 24.3 Å². The van der Waals surface area contributed by atoms with Gasteiger partial charge in [0.05, 0.1) is 12.7 Å². The lowest BCUT2D eigenvalue weighted by atomic mass is 9.90. The zero-order valence-electron chi connectivity index (χ0n) is 14.6. The lowest BCUT2D eigenvalue weighted by Crippen LogP contribution is -2.35. The normalized spacial score (nSPS) is 22.3. The number of rotatable bonds is 3. The molecule has 1 aromatic rings. The number of amides is 1. The standard InChI is InChI=1S/C19H20N4O2S/c1-25-14-9-7-12(8-10-14)11-15-16(20)23-19(21-17(15)24)26-18(22-23)13-5-3-2-4-6-13/h7-11,13,20H,2-6H2,1H3. The van der Waals surface area contributed by atoms with Gasteiger partial charge in [0.2, 0.25) is 5.17 Å². The molecule has 7 heteroatoms. The summed E-state index contributed by atoms with van der Waals surface area (Å²) in [5.41, 5.74) is 1.08. The average molecular weight is 368 g/mol. The van der Waals surface area contributed by atoms with Crippen molar-refractivity contribution in [1.29, 1.82) is 5.41 Å². The number of carbonyl (C=O) groups excluding carboxylic acids is 1. The third kappa shape index (κ3) is 3.19. The Morgan fingerprint density at radius 1 is 1.23 bits per heavy atom. The second-order valence-corrected chi connectivity index (χ2v) is 7.55. The van der Waals surface area contributed by atoms with Crippen molar-refractivity contribution < 1.29 is 9.53 Å². The first-order valence-electron chi connectivity index (χ1n) is 8.80. The van der Waals surface area contributed by atoms with E-state index in [4.69, 9.17) is 10.1 Å². The highest BCUT2D eigenvalue weighted by atomic mass is 32.2. The van der Waals surface area contributed by atoms with Crippen molar-refractivity contribution in [3.05, 3.63) is 35.4 Å². The molecule has 0 atom stereocenters. The maximum atomic E-state index is 12.4. The zero-order valence-corrected chi connectivity index (χ0v) is 15.4. The van der Waals surface area contributed by atoms with Gasteiger partial charge >= 0.3 is 0 Å². The third-order valence-corrected chi connectivity index (χ3v) is 5.92. The number of hydrogen-bond donors (Lipinski definition) is 1. The first-order valence-corrected chi connectivity index (χ1v) is 9.61. The van der Waals surface area contributed by atoms with Crippen LogP contribution in [-0.2, 0) is 4.79 Å². The number of ether oxygens (including phenoxy) is 1. The van der Waals surface area contributed by atoms with Gasteiger partial charge in [0.25, 0.3) is 5.91 Å². The van der Waals surface area contributed by atoms with Crippen LogP contribution >= 0.6 is 11.8 Å². The van der Waals surface area contributed by atoms with Crippen molar-refractivity contribution in [2.75, 3.05) is 7.11 Å². The Morgan fingerprint density at radius 3 is 2.65 bits per heavy atom. The number of carbonyl (C=O) groups is 1. The fourth-order valence-electron chi connectivity index (χ4n) is 3.39. The van der Waals surface area contributed by atoms with Crippen molar-refractivity contribution in [2.24, 2.45) is 16.0 Å². The fraction of sp³-hybridized carbons (Fsp3) is 0.368. The van der Waals surface area contributed by atoms with Crippen molar-refractivity contribution in [3.63, 3.8) is 0 Å². The minimum atomic E-state index is -0.385. The van der Waals surface area contributed by atoms with E-state index >= 15 is 0 Å². The summed E-state index contributed by atoms with van der Waals surface area (Å²) in [5.74, 6) is 0.882. The van der Waals surface area contributed by atoms with E-state index in [2.05, 4.69) is 10.1 Å². The number of hydrogen-bond acceptors (Lipinski definition) is 5. The van der Waals surface area contributed by atoms with E-state index < -0.39 is 0 Å². The molecule has 1 aromatic carbocycles. The van der Waals surface area contributed by atoms with E-state index in [9.17, 15) is 4.79 Å². The van der Waals surface area contributed by atoms with Gasteiger partial charge in [-0.1, -0.05) is 31.4 Å². The maximum absolute atomic E-state index is 12.4. The first-order chi connectivity index (χ1) is 12.7. The molecule has 0 bridgehead atoms. The van der Waals surface area contributed by atoms with Gasteiger partial charge in [0, 0.05) is 5.92 Å². The summed E-state index contributed by atoms with van der Waals surface area (Å²) in [6.07, 6.45) is 7.66. The summed E-state index contributed by atoms with van der Waals surface area (Å²) >= 11 is 1.44. The van der Waals surface area contributed by atoms with Crippen LogP contribution in [0, 0.1) is 11.3 Å². The molecule has 1 fully saturated rings. The van der Waals surface area contributed by atoms with E-state index in [1.165, 1.54) is 36.0 Å². The SMILES string of the molecule is COc1ccc(C=C2C(=N)N3N=C(C4CCCCC4)SC3=NC2=O)cc1. The molecule has 1 amide bonds. The average Bonchev–Trinajstić information content (AvgIpc) is 3.10. The fourth-order valence-corrected chi connectivity index (χ4v) is 4.45. The molecule has 0 unspecified atom stereocenters. The number of aliphatic imine (C=N–C) groups is 1. The minimum absolute atomic E-state index is 0.0918. The Balaban J connectivity index is 1.60. The number of methoxy groups -OCH3 is 1. The second-order valence-electron chi connectivity index (χ2n) is 6.57. The topological polar surface area (TPSA) is 78.1 Å². The highest BCUT2D eigenvalue weighted by Crippen LogP contribution is 2.36. The number of amidine groups is 2. The lowest BCUT2D eigenvalue weighted by molar-refractivity contribution is -0.114. The summed E-state index contributed by atoms with van der Waals surface area (Å²) in [6.45, 7) is 0. The molecule has 1 aliphatic carbocycles. The van der Waals surface area contributed by atoms with Gasteiger partial charge in [0.15, 0.2) is 5.84 Å². The summed E-state index contributed by atoms with van der Waals surface area (Å²) < 4.78 is 5.15. The van der Waals surface area contributed by atoms with Crippen LogP contribution in [0.3, 0.4) is 0 Å². The van der Waals surface area contributed by atoms with Gasteiger partial charge in [0.1, 0.15) is 10.8 Å². The largest absolute Gasteiger partial charge is 0.497 e. The maximum Gasteiger partial charge on any atom is 0.283 e. The van der Waals surface area contributed by atoms with Crippen LogP contribution in [0.15, 0.2) is 39.9 Å². The lowest BCUT2D eigenvalue weighted by Gasteiger charge is -2.20. The second kappa shape index (κ2) is 7.07. The minimum Gasteiger partial charge on any atom is -0.497 e. The smallest absolute Gasteiger partial charge is 0.283 e. The van der Waals surface area contributed by atoms with Crippen molar-refractivity contribution in [1.82, 2.24) is 5.01 Å². The molecule has 1 N–H and O–H groups in total. The van der Waals surface area contributed by atoms with Crippen LogP contribution in [-0.4, -0.2) is 34.1 Å². The molecule has 2 heterocycles. The van der Waals surface area contributed by atoms with Gasteiger partial charge < -0.3 is 4.74 Å². The van der Waals surface area contributed by atoms with Crippen molar-refractivity contribution in [2.45, 2.75) is 32.1 Å². The number of fused-ring (bicyclic) bond motifs is 1. The van der Waals surface area contributed by atoms with E-state index in [1.54, 1.807) is 13.2 Å². The van der Waals surface area contributed by atoms with Crippen LogP contribution in [0.2, 0.25) is 0 Å². The molecule has 0 spiro atoms. The van der Waals surface area contributed by atoms with Crippen molar-refractivity contribution in [3.8, 4) is 5.75 Å². The molecule has 2 aliphatic heterocycles. The molecular formula is C19H20N4O2S. The summed E-state index contributed by atoms with van der Waals surface area (Å²) in [6, 6.07) is 7.34. The molecule has 6 nitrogen and oxygen atoms in total. The quantitative estimate of drug-likeness (QED) is 0.821. The van der Waals surface area contributed by atoms with E-state index in [0.717, 1.165) is 29.2 Å². The Labute approximate surface area is 156 Å². The summed E-state index contributed by atoms with van der Waals surface area (Å²) in [5, 5.41) is 16.1. The van der Waals surface area contributed by atoms with Crippen LogP contribution < -0.4 is 4.74 Å². The molecule has 134 valence electrons. The molecule has 3 aliphatic rings. The predicted octanol–water partition coefficient (Wildman–Crippen LogP) is 3.89. The van der Waals surface area contributed by atoms with Gasteiger partial charge in [-0.15, -0.1) is 0 Å². The van der Waals surface area contributed by atoms with Gasteiger partial charge in [-0.2, -0.15) is 15.1 Å². The molecule has 26 heavy (non-hydrogen) atoms. The number of thioether (sulfide) groups is 1. The molecule has 1 saturated carbocycles. The Hall–Kier alpha value is -2.41. The van der Waals surface area contributed by atoms with Gasteiger partial charge in [-0.3, -0.25) is 10.2 Å². The van der Waals surface area contributed by atoms with Crippen LogP contribution in [0.25, 0.3) is 6.08 Å². The predicted molar refractivity (Wildman–Crippen MR) is 105 cm³/mol. The Kier molecular flexibility index (Phi) is 4.63. The highest BCUT2D eigenvalue weighted by Gasteiger charge is 2.37. The monoisotopic (exact) mass is 368 g/mol. The summed E-state index contributed by atoms with van der Waals surface area (Å²) in [4.78, 5) is 16.6. The molecular weight excluding hydrogens is 348 g/mol. The Bertz CT molecular complexity index is 836. The van der Waals surface area contributed by atoms with E-state index in [0.29, 0.717) is 11.1 Å². The number of hydrazone groups is 1. The van der Waals surface area contributed by atoms with Crippen LogP contribution in [0.1, 0.15) is 37.7 Å². The van der Waals surface area contributed by atoms with Crippen molar-refractivity contribution >= 4 is 39.8 Å². The summed E-state index contributed by atoms with van der Waals surface area (Å²) in [7, 11) is 1.61. The molecule has 4 rings (SSSR count). The molecule has 0 radical (unpaired) electrons. The zero-order chi connectivity index (χ0) is 18.1. The number of nitrogens with one attached hydrogen (secondary N) is 1. The van der Waals surface area contributed by atoms with E-state index in [-0.39, 0.29) is 17.3 Å². The molecule has 0 saturated heterocycles. The third-order valence-electron chi connectivity index (χ3n) is 4.85. The Morgan fingerprint density at radius 2 is 1.96 bits per heavy atom. The molecule has 0 aromatic heterocycles. The van der Waals surface area contributed by atoms with Crippen LogP contribution in [0.4, 0.5) is 0 Å². The number of nitrogens with zero attached hydrogens (tertiary/aromatic N) is 3. The highest BCUT2D eigenvalue weighted by molar-refractivity contribution is 8.27. The van der Waals surface area contributed by atoms with Gasteiger partial charge in [-0.25, -0.2) is 0 Å². The van der Waals surface area contributed by atoms with Crippen LogP contribution in [0.5, 0.6) is 5.75 Å². The first kappa shape index (κ1) is 17.0.